The third-order valence-corrected chi connectivity index (χ3v) is 3.04. The minimum Gasteiger partial charge on any atom is -0.497 e. The van der Waals surface area contributed by atoms with Crippen LogP contribution in [0.3, 0.4) is 0 Å². The van der Waals surface area contributed by atoms with E-state index < -0.39 is 0 Å². The SMILES string of the molecule is COc1cc(NCc2cc(OC)cc(C)n2)cc(OC)c1. The number of rotatable bonds is 6. The fourth-order valence-electron chi connectivity index (χ4n) is 2.01. The van der Waals surface area contributed by atoms with E-state index in [1.165, 1.54) is 0 Å². The summed E-state index contributed by atoms with van der Waals surface area (Å²) in [5.41, 5.74) is 2.75. The Labute approximate surface area is 124 Å². The second kappa shape index (κ2) is 6.83. The smallest absolute Gasteiger partial charge is 0.124 e. The van der Waals surface area contributed by atoms with Gasteiger partial charge in [-0.3, -0.25) is 4.98 Å². The molecule has 1 aromatic heterocycles. The number of nitrogens with zero attached hydrogens (tertiary/aromatic N) is 1. The summed E-state index contributed by atoms with van der Waals surface area (Å²) < 4.78 is 15.8. The zero-order valence-corrected chi connectivity index (χ0v) is 12.8. The van der Waals surface area contributed by atoms with Crippen LogP contribution in [0.5, 0.6) is 17.2 Å². The minimum absolute atomic E-state index is 0.592. The van der Waals surface area contributed by atoms with Gasteiger partial charge in [-0.2, -0.15) is 0 Å². The predicted molar refractivity (Wildman–Crippen MR) is 82.4 cm³/mol. The van der Waals surface area contributed by atoms with E-state index in [-0.39, 0.29) is 0 Å². The number of hydrogen-bond donors (Lipinski definition) is 1. The van der Waals surface area contributed by atoms with Crippen molar-refractivity contribution in [1.29, 1.82) is 0 Å². The number of aryl methyl sites for hydroxylation is 1. The van der Waals surface area contributed by atoms with E-state index in [0.717, 1.165) is 34.3 Å². The fourth-order valence-corrected chi connectivity index (χ4v) is 2.01. The highest BCUT2D eigenvalue weighted by Crippen LogP contribution is 2.26. The molecule has 21 heavy (non-hydrogen) atoms. The highest BCUT2D eigenvalue weighted by Gasteiger charge is 2.04. The summed E-state index contributed by atoms with van der Waals surface area (Å²) in [6.07, 6.45) is 0. The lowest BCUT2D eigenvalue weighted by molar-refractivity contribution is 0.394. The van der Waals surface area contributed by atoms with E-state index in [4.69, 9.17) is 14.2 Å². The van der Waals surface area contributed by atoms with Crippen molar-refractivity contribution in [1.82, 2.24) is 4.98 Å². The van der Waals surface area contributed by atoms with Crippen LogP contribution in [0, 0.1) is 6.92 Å². The normalized spacial score (nSPS) is 10.1. The third-order valence-electron chi connectivity index (χ3n) is 3.04. The molecule has 0 atom stereocenters. The van der Waals surface area contributed by atoms with E-state index in [9.17, 15) is 0 Å². The maximum atomic E-state index is 5.25. The first-order chi connectivity index (χ1) is 10.1. The van der Waals surface area contributed by atoms with E-state index in [1.54, 1.807) is 21.3 Å². The largest absolute Gasteiger partial charge is 0.497 e. The molecule has 1 heterocycles. The van der Waals surface area contributed by atoms with Gasteiger partial charge in [0, 0.05) is 41.7 Å². The number of pyridine rings is 1. The Morgan fingerprint density at radius 3 is 2.00 bits per heavy atom. The van der Waals surface area contributed by atoms with Gasteiger partial charge in [0.1, 0.15) is 17.2 Å². The molecule has 5 nitrogen and oxygen atoms in total. The number of benzene rings is 1. The first-order valence-corrected chi connectivity index (χ1v) is 6.63. The van der Waals surface area contributed by atoms with Crippen LogP contribution < -0.4 is 19.5 Å². The summed E-state index contributed by atoms with van der Waals surface area (Å²) >= 11 is 0. The number of hydrogen-bond acceptors (Lipinski definition) is 5. The standard InChI is InChI=1S/C16H20N2O3/c1-11-5-14(19-2)8-13(18-11)10-17-12-6-15(20-3)9-16(7-12)21-4/h5-9,17H,10H2,1-4H3. The third kappa shape index (κ3) is 4.02. The zero-order valence-electron chi connectivity index (χ0n) is 12.8. The van der Waals surface area contributed by atoms with Crippen molar-refractivity contribution in [3.8, 4) is 17.2 Å². The Morgan fingerprint density at radius 1 is 0.857 bits per heavy atom. The lowest BCUT2D eigenvalue weighted by Gasteiger charge is -2.11. The fraction of sp³-hybridized carbons (Fsp3) is 0.312. The molecule has 0 amide bonds. The minimum atomic E-state index is 0.592. The van der Waals surface area contributed by atoms with Gasteiger partial charge in [-0.15, -0.1) is 0 Å². The average Bonchev–Trinajstić information content (AvgIpc) is 2.51. The lowest BCUT2D eigenvalue weighted by atomic mass is 10.2. The van der Waals surface area contributed by atoms with Crippen LogP contribution in [0.2, 0.25) is 0 Å². The number of ether oxygens (including phenoxy) is 3. The van der Waals surface area contributed by atoms with E-state index >= 15 is 0 Å². The first-order valence-electron chi connectivity index (χ1n) is 6.63. The summed E-state index contributed by atoms with van der Waals surface area (Å²) in [6, 6.07) is 9.47. The van der Waals surface area contributed by atoms with E-state index in [1.807, 2.05) is 37.3 Å². The van der Waals surface area contributed by atoms with Crippen LogP contribution in [-0.4, -0.2) is 26.3 Å². The van der Waals surface area contributed by atoms with Gasteiger partial charge >= 0.3 is 0 Å². The van der Waals surface area contributed by atoms with Gasteiger partial charge in [0.05, 0.1) is 33.6 Å². The van der Waals surface area contributed by atoms with Gasteiger partial charge in [0.25, 0.3) is 0 Å². The Balaban J connectivity index is 2.14. The number of anilines is 1. The van der Waals surface area contributed by atoms with Crippen LogP contribution in [0.1, 0.15) is 11.4 Å². The molecule has 0 aliphatic rings. The quantitative estimate of drug-likeness (QED) is 0.885. The molecule has 1 N–H and O–H groups in total. The molecule has 0 fully saturated rings. The van der Waals surface area contributed by atoms with Crippen LogP contribution in [0.25, 0.3) is 0 Å². The van der Waals surface area contributed by atoms with Crippen molar-refractivity contribution in [3.05, 3.63) is 41.7 Å². The molecule has 0 aliphatic carbocycles. The monoisotopic (exact) mass is 288 g/mol. The van der Waals surface area contributed by atoms with Crippen molar-refractivity contribution >= 4 is 5.69 Å². The van der Waals surface area contributed by atoms with Crippen LogP contribution in [0.4, 0.5) is 5.69 Å². The molecule has 0 aliphatic heterocycles. The Kier molecular flexibility index (Phi) is 4.87. The number of methoxy groups -OCH3 is 3. The molecule has 0 unspecified atom stereocenters. The maximum Gasteiger partial charge on any atom is 0.124 e. The van der Waals surface area contributed by atoms with Gasteiger partial charge in [0.15, 0.2) is 0 Å². The Hall–Kier alpha value is -2.43. The van der Waals surface area contributed by atoms with Crippen LogP contribution >= 0.6 is 0 Å². The topological polar surface area (TPSA) is 52.6 Å². The van der Waals surface area contributed by atoms with Crippen molar-refractivity contribution in [2.45, 2.75) is 13.5 Å². The molecule has 0 saturated heterocycles. The highest BCUT2D eigenvalue weighted by molar-refractivity contribution is 5.54. The second-order valence-corrected chi connectivity index (χ2v) is 4.59. The van der Waals surface area contributed by atoms with Crippen LogP contribution in [0.15, 0.2) is 30.3 Å². The van der Waals surface area contributed by atoms with Gasteiger partial charge in [-0.05, 0) is 6.92 Å². The van der Waals surface area contributed by atoms with Crippen molar-refractivity contribution < 1.29 is 14.2 Å². The molecule has 2 rings (SSSR count). The summed E-state index contributed by atoms with van der Waals surface area (Å²) in [7, 11) is 4.91. The number of nitrogens with one attached hydrogen (secondary N) is 1. The Morgan fingerprint density at radius 2 is 1.43 bits per heavy atom. The van der Waals surface area contributed by atoms with Gasteiger partial charge in [-0.1, -0.05) is 0 Å². The molecule has 0 saturated carbocycles. The second-order valence-electron chi connectivity index (χ2n) is 4.59. The lowest BCUT2D eigenvalue weighted by Crippen LogP contribution is -2.03. The highest BCUT2D eigenvalue weighted by atomic mass is 16.5. The summed E-state index contributed by atoms with van der Waals surface area (Å²) in [6.45, 7) is 2.54. The van der Waals surface area contributed by atoms with Gasteiger partial charge < -0.3 is 19.5 Å². The molecule has 0 radical (unpaired) electrons. The zero-order chi connectivity index (χ0) is 15.2. The molecule has 0 bridgehead atoms. The molecule has 0 spiro atoms. The molecular weight excluding hydrogens is 268 g/mol. The maximum absolute atomic E-state index is 5.25. The van der Waals surface area contributed by atoms with Gasteiger partial charge in [0.2, 0.25) is 0 Å². The molecule has 5 heteroatoms. The molecule has 1 aromatic carbocycles. The van der Waals surface area contributed by atoms with E-state index in [2.05, 4.69) is 10.3 Å². The summed E-state index contributed by atoms with van der Waals surface area (Å²) in [5.74, 6) is 2.29. The summed E-state index contributed by atoms with van der Waals surface area (Å²) in [5, 5.41) is 3.31. The summed E-state index contributed by atoms with van der Waals surface area (Å²) in [4.78, 5) is 4.48. The molecule has 112 valence electrons. The Bertz CT molecular complexity index is 592. The molecule has 2 aromatic rings. The van der Waals surface area contributed by atoms with Gasteiger partial charge in [-0.25, -0.2) is 0 Å². The molecular formula is C16H20N2O3. The predicted octanol–water partition coefficient (Wildman–Crippen LogP) is 3.03. The van der Waals surface area contributed by atoms with E-state index in [0.29, 0.717) is 6.54 Å². The average molecular weight is 288 g/mol. The number of aromatic nitrogens is 1. The van der Waals surface area contributed by atoms with Crippen LogP contribution in [-0.2, 0) is 6.54 Å². The van der Waals surface area contributed by atoms with Crippen molar-refractivity contribution in [2.75, 3.05) is 26.6 Å². The van der Waals surface area contributed by atoms with Crippen molar-refractivity contribution in [2.24, 2.45) is 0 Å². The first kappa shape index (κ1) is 15.0. The van der Waals surface area contributed by atoms with Crippen molar-refractivity contribution in [3.63, 3.8) is 0 Å².